The fraction of sp³-hybridized carbons (Fsp3) is 0.130. The van der Waals surface area contributed by atoms with Crippen molar-refractivity contribution >= 4 is 35.3 Å². The van der Waals surface area contributed by atoms with Crippen LogP contribution in [0.15, 0.2) is 65.8 Å². The Kier molecular flexibility index (Phi) is 7.76. The summed E-state index contributed by atoms with van der Waals surface area (Å²) in [7, 11) is 0. The fourth-order valence-corrected chi connectivity index (χ4v) is 3.09. The molecule has 0 bridgehead atoms. The molecule has 1 amide bonds. The molecule has 0 radical (unpaired) electrons. The topological polar surface area (TPSA) is 80.2 Å². The lowest BCUT2D eigenvalue weighted by Gasteiger charge is -2.14. The molecule has 31 heavy (non-hydrogen) atoms. The van der Waals surface area contributed by atoms with E-state index in [2.05, 4.69) is 10.5 Å². The third-order valence-corrected chi connectivity index (χ3v) is 4.69. The van der Waals surface area contributed by atoms with E-state index in [1.165, 1.54) is 18.3 Å². The van der Waals surface area contributed by atoms with Gasteiger partial charge in [0.1, 0.15) is 12.4 Å². The second kappa shape index (κ2) is 10.7. The normalized spacial score (nSPS) is 10.8. The number of phenolic OH excluding ortho intramolecular Hbond substituents is 1. The molecule has 160 valence electrons. The van der Waals surface area contributed by atoms with Gasteiger partial charge in [0.2, 0.25) is 0 Å². The Morgan fingerprint density at radius 3 is 2.55 bits per heavy atom. The van der Waals surface area contributed by atoms with Crippen molar-refractivity contribution in [2.24, 2.45) is 5.10 Å². The number of hydrogen-bond acceptors (Lipinski definition) is 5. The van der Waals surface area contributed by atoms with Crippen LogP contribution in [0.4, 0.5) is 0 Å². The van der Waals surface area contributed by atoms with Gasteiger partial charge in [0.05, 0.1) is 23.4 Å². The summed E-state index contributed by atoms with van der Waals surface area (Å²) in [6.45, 7) is 2.56. The van der Waals surface area contributed by atoms with Gasteiger partial charge in [0.15, 0.2) is 11.5 Å². The van der Waals surface area contributed by atoms with Gasteiger partial charge in [-0.25, -0.2) is 5.43 Å². The number of halogens is 2. The van der Waals surface area contributed by atoms with Crippen LogP contribution in [0.25, 0.3) is 0 Å². The lowest BCUT2D eigenvalue weighted by atomic mass is 10.2. The highest BCUT2D eigenvalue weighted by Crippen LogP contribution is 2.37. The SMILES string of the molecule is CCOc1cc(/C=N\NC(=O)c2ccccc2O)cc(Cl)c1OCc1ccc(Cl)cc1. The van der Waals surface area contributed by atoms with Crippen LogP contribution in [-0.2, 0) is 6.61 Å². The van der Waals surface area contributed by atoms with E-state index in [9.17, 15) is 9.90 Å². The molecule has 3 rings (SSSR count). The Bertz CT molecular complexity index is 1090. The number of aromatic hydroxyl groups is 1. The standard InChI is InChI=1S/C23H20Cl2N2O4/c1-2-30-21-12-16(13-26-27-23(29)18-5-3-4-6-20(18)28)11-19(25)22(21)31-14-15-7-9-17(24)10-8-15/h3-13,28H,2,14H2,1H3,(H,27,29)/b26-13-. The largest absolute Gasteiger partial charge is 0.507 e. The summed E-state index contributed by atoms with van der Waals surface area (Å²) < 4.78 is 11.5. The molecule has 2 N–H and O–H groups in total. The second-order valence-corrected chi connectivity index (χ2v) is 7.24. The molecule has 8 heteroatoms. The first-order valence-electron chi connectivity index (χ1n) is 9.43. The molecule has 0 atom stereocenters. The van der Waals surface area contributed by atoms with Crippen LogP contribution < -0.4 is 14.9 Å². The van der Waals surface area contributed by atoms with E-state index >= 15 is 0 Å². The van der Waals surface area contributed by atoms with E-state index in [0.717, 1.165) is 5.56 Å². The Morgan fingerprint density at radius 1 is 1.10 bits per heavy atom. The number of hydrazone groups is 1. The number of ether oxygens (including phenoxy) is 2. The predicted octanol–water partition coefficient (Wildman–Crippen LogP) is 5.44. The zero-order valence-electron chi connectivity index (χ0n) is 16.6. The van der Waals surface area contributed by atoms with Crippen molar-refractivity contribution < 1.29 is 19.4 Å². The van der Waals surface area contributed by atoms with Gasteiger partial charge in [-0.15, -0.1) is 0 Å². The zero-order valence-corrected chi connectivity index (χ0v) is 18.2. The van der Waals surface area contributed by atoms with Crippen LogP contribution in [0.5, 0.6) is 17.2 Å². The Labute approximate surface area is 190 Å². The van der Waals surface area contributed by atoms with Crippen molar-refractivity contribution in [3.63, 3.8) is 0 Å². The third-order valence-electron chi connectivity index (χ3n) is 4.16. The predicted molar refractivity (Wildman–Crippen MR) is 122 cm³/mol. The summed E-state index contributed by atoms with van der Waals surface area (Å²) in [5.74, 6) is 0.207. The third kappa shape index (κ3) is 6.13. The highest BCUT2D eigenvalue weighted by Gasteiger charge is 2.13. The smallest absolute Gasteiger partial charge is 0.275 e. The number of carbonyl (C=O) groups excluding carboxylic acids is 1. The molecule has 0 saturated carbocycles. The minimum Gasteiger partial charge on any atom is -0.507 e. The number of para-hydroxylation sites is 1. The number of hydrogen-bond donors (Lipinski definition) is 2. The fourth-order valence-electron chi connectivity index (χ4n) is 2.69. The van der Waals surface area contributed by atoms with E-state index < -0.39 is 5.91 Å². The lowest BCUT2D eigenvalue weighted by Crippen LogP contribution is -2.17. The van der Waals surface area contributed by atoms with Crippen LogP contribution in [0.3, 0.4) is 0 Å². The van der Waals surface area contributed by atoms with Gasteiger partial charge in [-0.05, 0) is 54.4 Å². The quantitative estimate of drug-likeness (QED) is 0.347. The molecule has 0 aromatic heterocycles. The molecule has 6 nitrogen and oxygen atoms in total. The molecular formula is C23H20Cl2N2O4. The van der Waals surface area contributed by atoms with E-state index in [1.54, 1.807) is 36.4 Å². The van der Waals surface area contributed by atoms with Crippen LogP contribution >= 0.6 is 23.2 Å². The minimum atomic E-state index is -0.534. The molecule has 0 spiro atoms. The van der Waals surface area contributed by atoms with E-state index in [1.807, 2.05) is 19.1 Å². The maximum atomic E-state index is 12.1. The second-order valence-electron chi connectivity index (χ2n) is 6.39. The summed E-state index contributed by atoms with van der Waals surface area (Å²) in [5, 5.41) is 14.7. The van der Waals surface area contributed by atoms with Crippen LogP contribution in [-0.4, -0.2) is 23.8 Å². The van der Waals surface area contributed by atoms with E-state index in [0.29, 0.717) is 40.3 Å². The maximum Gasteiger partial charge on any atom is 0.275 e. The maximum absolute atomic E-state index is 12.1. The number of benzene rings is 3. The van der Waals surface area contributed by atoms with Gasteiger partial charge < -0.3 is 14.6 Å². The molecule has 0 aliphatic rings. The average Bonchev–Trinajstić information content (AvgIpc) is 2.75. The minimum absolute atomic E-state index is 0.124. The molecule has 3 aromatic carbocycles. The highest BCUT2D eigenvalue weighted by molar-refractivity contribution is 6.32. The summed E-state index contributed by atoms with van der Waals surface area (Å²) in [6, 6.07) is 16.9. The van der Waals surface area contributed by atoms with Crippen molar-refractivity contribution in [2.45, 2.75) is 13.5 Å². The van der Waals surface area contributed by atoms with E-state index in [4.69, 9.17) is 32.7 Å². The molecule has 3 aromatic rings. The number of carbonyl (C=O) groups is 1. The van der Waals surface area contributed by atoms with Crippen molar-refractivity contribution in [1.82, 2.24) is 5.43 Å². The number of nitrogens with zero attached hydrogens (tertiary/aromatic N) is 1. The van der Waals surface area contributed by atoms with Gasteiger partial charge in [-0.3, -0.25) is 4.79 Å². The zero-order chi connectivity index (χ0) is 22.2. The average molecular weight is 459 g/mol. The number of rotatable bonds is 8. The first-order chi connectivity index (χ1) is 15.0. The number of nitrogens with one attached hydrogen (secondary N) is 1. The van der Waals surface area contributed by atoms with Crippen molar-refractivity contribution in [2.75, 3.05) is 6.61 Å². The number of phenols is 1. The summed E-state index contributed by atoms with van der Waals surface area (Å²) in [5.41, 5.74) is 4.03. The Hall–Kier alpha value is -3.22. The first kappa shape index (κ1) is 22.5. The first-order valence-corrected chi connectivity index (χ1v) is 10.2. The van der Waals surface area contributed by atoms with Crippen molar-refractivity contribution in [1.29, 1.82) is 0 Å². The molecule has 0 saturated heterocycles. The van der Waals surface area contributed by atoms with Gasteiger partial charge >= 0.3 is 0 Å². The van der Waals surface area contributed by atoms with Crippen molar-refractivity contribution in [3.05, 3.63) is 87.4 Å². The van der Waals surface area contributed by atoms with E-state index in [-0.39, 0.29) is 11.3 Å². The van der Waals surface area contributed by atoms with Gasteiger partial charge in [-0.2, -0.15) is 5.10 Å². The summed E-state index contributed by atoms with van der Waals surface area (Å²) in [4.78, 5) is 12.1. The lowest BCUT2D eigenvalue weighted by molar-refractivity contribution is 0.0952. The molecule has 0 unspecified atom stereocenters. The van der Waals surface area contributed by atoms with Crippen molar-refractivity contribution in [3.8, 4) is 17.2 Å². The summed E-state index contributed by atoms with van der Waals surface area (Å²) in [6.07, 6.45) is 1.43. The van der Waals surface area contributed by atoms with Gasteiger partial charge in [0, 0.05) is 5.02 Å². The molecule has 0 aliphatic heterocycles. The Morgan fingerprint density at radius 2 is 1.84 bits per heavy atom. The monoisotopic (exact) mass is 458 g/mol. The van der Waals surface area contributed by atoms with Crippen LogP contribution in [0.2, 0.25) is 10.0 Å². The summed E-state index contributed by atoms with van der Waals surface area (Å²) >= 11 is 12.3. The van der Waals surface area contributed by atoms with Gasteiger partial charge in [0.25, 0.3) is 5.91 Å². The molecule has 0 fully saturated rings. The number of amides is 1. The van der Waals surface area contributed by atoms with Gasteiger partial charge in [-0.1, -0.05) is 47.5 Å². The molecular weight excluding hydrogens is 439 g/mol. The van der Waals surface area contributed by atoms with Crippen LogP contribution in [0, 0.1) is 0 Å². The Balaban J connectivity index is 1.73. The highest BCUT2D eigenvalue weighted by atomic mass is 35.5. The molecule has 0 aliphatic carbocycles. The van der Waals surface area contributed by atoms with Crippen LogP contribution in [0.1, 0.15) is 28.4 Å². The molecule has 0 heterocycles.